The smallest absolute Gasteiger partial charge is 0.255 e. The SMILES string of the molecule is CCS(=O)(=O)N1CCc2cc(C(=O)NC(C)C)c(NCC(C)C)nc2CC1. The molecule has 1 aromatic rings. The number of sulfonamides is 1. The van der Waals surface area contributed by atoms with Crippen molar-refractivity contribution < 1.29 is 13.2 Å². The number of amides is 1. The van der Waals surface area contributed by atoms with Gasteiger partial charge in [-0.3, -0.25) is 4.79 Å². The van der Waals surface area contributed by atoms with Crippen molar-refractivity contribution in [3.05, 3.63) is 22.9 Å². The molecule has 0 spiro atoms. The average molecular weight is 397 g/mol. The summed E-state index contributed by atoms with van der Waals surface area (Å²) >= 11 is 0. The summed E-state index contributed by atoms with van der Waals surface area (Å²) < 4.78 is 26.0. The monoisotopic (exact) mass is 396 g/mol. The highest BCUT2D eigenvalue weighted by atomic mass is 32.2. The van der Waals surface area contributed by atoms with E-state index in [4.69, 9.17) is 4.98 Å². The van der Waals surface area contributed by atoms with E-state index >= 15 is 0 Å². The molecule has 0 aromatic carbocycles. The van der Waals surface area contributed by atoms with Gasteiger partial charge in [-0.2, -0.15) is 0 Å². The zero-order chi connectivity index (χ0) is 20.2. The van der Waals surface area contributed by atoms with Crippen LogP contribution in [0.4, 0.5) is 5.82 Å². The fourth-order valence-corrected chi connectivity index (χ4v) is 4.13. The minimum Gasteiger partial charge on any atom is -0.369 e. The molecule has 2 N–H and O–H groups in total. The van der Waals surface area contributed by atoms with Crippen LogP contribution in [-0.4, -0.2) is 55.0 Å². The molecule has 1 amide bonds. The van der Waals surface area contributed by atoms with Crippen LogP contribution in [0.1, 0.15) is 56.2 Å². The Hall–Kier alpha value is -1.67. The van der Waals surface area contributed by atoms with Gasteiger partial charge in [0.05, 0.1) is 11.3 Å². The first-order valence-electron chi connectivity index (χ1n) is 9.69. The van der Waals surface area contributed by atoms with Crippen LogP contribution >= 0.6 is 0 Å². The fraction of sp³-hybridized carbons (Fsp3) is 0.684. The molecule has 0 saturated carbocycles. The first-order chi connectivity index (χ1) is 12.6. The van der Waals surface area contributed by atoms with Gasteiger partial charge in [0.1, 0.15) is 5.82 Å². The fourth-order valence-electron chi connectivity index (χ4n) is 3.02. The average Bonchev–Trinajstić information content (AvgIpc) is 2.80. The second-order valence-corrected chi connectivity index (χ2v) is 9.95. The topological polar surface area (TPSA) is 91.4 Å². The van der Waals surface area contributed by atoms with Gasteiger partial charge in [-0.05, 0) is 44.7 Å². The molecule has 7 nitrogen and oxygen atoms in total. The summed E-state index contributed by atoms with van der Waals surface area (Å²) in [6.07, 6.45) is 1.12. The summed E-state index contributed by atoms with van der Waals surface area (Å²) in [6, 6.07) is 1.91. The molecule has 0 atom stereocenters. The van der Waals surface area contributed by atoms with E-state index < -0.39 is 10.0 Å². The number of aromatic nitrogens is 1. The highest BCUT2D eigenvalue weighted by Crippen LogP contribution is 2.23. The van der Waals surface area contributed by atoms with E-state index in [9.17, 15) is 13.2 Å². The molecule has 1 aromatic heterocycles. The molecule has 0 radical (unpaired) electrons. The Morgan fingerprint density at radius 3 is 2.48 bits per heavy atom. The lowest BCUT2D eigenvalue weighted by Crippen LogP contribution is -2.34. The minimum absolute atomic E-state index is 0.0273. The number of hydrogen-bond donors (Lipinski definition) is 2. The Kier molecular flexibility index (Phi) is 7.22. The lowest BCUT2D eigenvalue weighted by atomic mass is 10.0. The Balaban J connectivity index is 2.36. The molecule has 0 bridgehead atoms. The van der Waals surface area contributed by atoms with Gasteiger partial charge >= 0.3 is 0 Å². The Morgan fingerprint density at radius 1 is 1.22 bits per heavy atom. The van der Waals surface area contributed by atoms with E-state index in [2.05, 4.69) is 24.5 Å². The minimum atomic E-state index is -3.23. The van der Waals surface area contributed by atoms with E-state index in [1.54, 1.807) is 6.92 Å². The van der Waals surface area contributed by atoms with Crippen LogP contribution < -0.4 is 10.6 Å². The van der Waals surface area contributed by atoms with Gasteiger partial charge in [0.2, 0.25) is 10.0 Å². The maximum Gasteiger partial charge on any atom is 0.255 e. The number of nitrogens with zero attached hydrogens (tertiary/aromatic N) is 2. The largest absolute Gasteiger partial charge is 0.369 e. The highest BCUT2D eigenvalue weighted by Gasteiger charge is 2.26. The number of pyridine rings is 1. The molecule has 0 aliphatic carbocycles. The summed E-state index contributed by atoms with van der Waals surface area (Å²) in [6.45, 7) is 11.3. The molecule has 0 unspecified atom stereocenters. The number of hydrogen-bond acceptors (Lipinski definition) is 5. The number of carbonyl (C=O) groups is 1. The van der Waals surface area contributed by atoms with E-state index in [-0.39, 0.29) is 17.7 Å². The van der Waals surface area contributed by atoms with E-state index in [1.165, 1.54) is 4.31 Å². The maximum absolute atomic E-state index is 12.7. The molecule has 0 fully saturated rings. The van der Waals surface area contributed by atoms with Gasteiger partial charge in [-0.15, -0.1) is 0 Å². The third-order valence-electron chi connectivity index (χ3n) is 4.52. The van der Waals surface area contributed by atoms with Crippen molar-refractivity contribution >= 4 is 21.7 Å². The molecular formula is C19H32N4O3S. The van der Waals surface area contributed by atoms with Crippen molar-refractivity contribution in [1.29, 1.82) is 0 Å². The zero-order valence-corrected chi connectivity index (χ0v) is 17.8. The van der Waals surface area contributed by atoms with Gasteiger partial charge in [-0.25, -0.2) is 17.7 Å². The Morgan fingerprint density at radius 2 is 1.89 bits per heavy atom. The number of carbonyl (C=O) groups excluding carboxylic acids is 1. The van der Waals surface area contributed by atoms with Crippen LogP contribution in [0, 0.1) is 5.92 Å². The van der Waals surface area contributed by atoms with Crippen LogP contribution in [0.5, 0.6) is 0 Å². The van der Waals surface area contributed by atoms with E-state index in [0.29, 0.717) is 49.8 Å². The highest BCUT2D eigenvalue weighted by molar-refractivity contribution is 7.89. The molecule has 27 heavy (non-hydrogen) atoms. The molecule has 1 aliphatic heterocycles. The predicted molar refractivity (Wildman–Crippen MR) is 109 cm³/mol. The van der Waals surface area contributed by atoms with Gasteiger partial charge in [0, 0.05) is 37.8 Å². The van der Waals surface area contributed by atoms with Crippen molar-refractivity contribution in [3.8, 4) is 0 Å². The van der Waals surface area contributed by atoms with Crippen LogP contribution in [-0.2, 0) is 22.9 Å². The van der Waals surface area contributed by atoms with Crippen molar-refractivity contribution in [1.82, 2.24) is 14.6 Å². The second-order valence-electron chi connectivity index (χ2n) is 7.69. The second kappa shape index (κ2) is 9.01. The van der Waals surface area contributed by atoms with Gasteiger partial charge in [0.15, 0.2) is 0 Å². The normalized spacial score (nSPS) is 15.5. The lowest BCUT2D eigenvalue weighted by molar-refractivity contribution is 0.0943. The quantitative estimate of drug-likeness (QED) is 0.736. The standard InChI is InChI=1S/C19H32N4O3S/c1-6-27(25,26)23-9-7-15-11-16(19(24)21-14(4)5)18(20-12-13(2)3)22-17(15)8-10-23/h11,13-14H,6-10,12H2,1-5H3,(H,20,22)(H,21,24). The van der Waals surface area contributed by atoms with Crippen LogP contribution in [0.25, 0.3) is 0 Å². The summed E-state index contributed by atoms with van der Waals surface area (Å²) in [5, 5.41) is 6.21. The molecule has 0 saturated heterocycles. The lowest BCUT2D eigenvalue weighted by Gasteiger charge is -2.18. The number of nitrogens with one attached hydrogen (secondary N) is 2. The molecule has 1 aliphatic rings. The third kappa shape index (κ3) is 5.65. The third-order valence-corrected chi connectivity index (χ3v) is 6.40. The van der Waals surface area contributed by atoms with Crippen molar-refractivity contribution in [2.45, 2.75) is 53.5 Å². The van der Waals surface area contributed by atoms with E-state index in [1.807, 2.05) is 19.9 Å². The number of rotatable bonds is 7. The molecule has 2 rings (SSSR count). The predicted octanol–water partition coefficient (Wildman–Crippen LogP) is 2.04. The summed E-state index contributed by atoms with van der Waals surface area (Å²) in [5.74, 6) is 0.929. The molecular weight excluding hydrogens is 364 g/mol. The maximum atomic E-state index is 12.7. The van der Waals surface area contributed by atoms with Gasteiger partial charge in [-0.1, -0.05) is 13.8 Å². The van der Waals surface area contributed by atoms with Crippen LogP contribution in [0.2, 0.25) is 0 Å². The molecule has 152 valence electrons. The summed E-state index contributed by atoms with van der Waals surface area (Å²) in [4.78, 5) is 17.4. The van der Waals surface area contributed by atoms with Crippen molar-refractivity contribution in [3.63, 3.8) is 0 Å². The van der Waals surface area contributed by atoms with Crippen molar-refractivity contribution in [2.24, 2.45) is 5.92 Å². The Bertz CT molecular complexity index is 775. The zero-order valence-electron chi connectivity index (χ0n) is 17.0. The molecule has 8 heteroatoms. The summed E-state index contributed by atoms with van der Waals surface area (Å²) in [7, 11) is -3.23. The van der Waals surface area contributed by atoms with Crippen LogP contribution in [0.15, 0.2) is 6.07 Å². The van der Waals surface area contributed by atoms with Crippen molar-refractivity contribution in [2.75, 3.05) is 30.7 Å². The van der Waals surface area contributed by atoms with Gasteiger partial charge < -0.3 is 10.6 Å². The first-order valence-corrected chi connectivity index (χ1v) is 11.3. The molecule has 2 heterocycles. The summed E-state index contributed by atoms with van der Waals surface area (Å²) in [5.41, 5.74) is 2.35. The number of anilines is 1. The number of fused-ring (bicyclic) bond motifs is 1. The Labute approximate surface area is 163 Å². The van der Waals surface area contributed by atoms with E-state index in [0.717, 1.165) is 11.3 Å². The first kappa shape index (κ1) is 21.6. The van der Waals surface area contributed by atoms with Crippen LogP contribution in [0.3, 0.4) is 0 Å². The van der Waals surface area contributed by atoms with Gasteiger partial charge in [0.25, 0.3) is 5.91 Å².